The van der Waals surface area contributed by atoms with Crippen molar-refractivity contribution in [3.63, 3.8) is 0 Å². The summed E-state index contributed by atoms with van der Waals surface area (Å²) in [6, 6.07) is 0.436. The van der Waals surface area contributed by atoms with Gasteiger partial charge in [0.05, 0.1) is 12.1 Å². The fourth-order valence-corrected chi connectivity index (χ4v) is 4.62. The summed E-state index contributed by atoms with van der Waals surface area (Å²) in [7, 11) is -3.83. The Balaban J connectivity index is 1.90. The lowest BCUT2D eigenvalue weighted by Crippen LogP contribution is -2.24. The van der Waals surface area contributed by atoms with Crippen LogP contribution in [0.4, 0.5) is 0 Å². The lowest BCUT2D eigenvalue weighted by molar-refractivity contribution is 0.0463. The van der Waals surface area contributed by atoms with E-state index in [0.29, 0.717) is 0 Å². The first-order valence-electron chi connectivity index (χ1n) is 6.06. The number of hydroxylamine groups is 2. The molecule has 0 aromatic rings. The number of hydrogen-bond donors (Lipinski definition) is 0. The Morgan fingerprint density at radius 3 is 2.00 bits per heavy atom. The maximum absolute atomic E-state index is 11.7. The highest BCUT2D eigenvalue weighted by Crippen LogP contribution is 2.40. The summed E-state index contributed by atoms with van der Waals surface area (Å²) < 4.78 is 26.6. The van der Waals surface area contributed by atoms with Crippen LogP contribution < -0.4 is 0 Å². The molecule has 0 amide bonds. The molecule has 1 aliphatic heterocycles. The van der Waals surface area contributed by atoms with Crippen molar-refractivity contribution in [2.45, 2.75) is 54.4 Å². The van der Waals surface area contributed by atoms with Crippen LogP contribution in [0.2, 0.25) is 0 Å². The third-order valence-corrected chi connectivity index (χ3v) is 5.36. The minimum Gasteiger partial charge on any atom is -0.198 e. The van der Waals surface area contributed by atoms with Crippen molar-refractivity contribution < 1.29 is 12.7 Å². The third kappa shape index (κ3) is 4.39. The highest BCUT2D eigenvalue weighted by Gasteiger charge is 2.51. The molecule has 1 saturated heterocycles. The van der Waals surface area contributed by atoms with E-state index in [1.165, 1.54) is 12.8 Å². The van der Waals surface area contributed by atoms with Gasteiger partial charge in [-0.1, -0.05) is 60.5 Å². The second kappa shape index (κ2) is 5.62. The Morgan fingerprint density at radius 2 is 1.56 bits per heavy atom. The Kier molecular flexibility index (Phi) is 4.73. The first kappa shape index (κ1) is 15.1. The van der Waals surface area contributed by atoms with Crippen molar-refractivity contribution in [2.24, 2.45) is 0 Å². The average Bonchev–Trinajstić information content (AvgIpc) is 2.68. The number of nitrogens with zero attached hydrogens (tertiary/aromatic N) is 1. The van der Waals surface area contributed by atoms with Crippen molar-refractivity contribution in [3.8, 4) is 0 Å². The van der Waals surface area contributed by atoms with Gasteiger partial charge in [0.2, 0.25) is 3.79 Å². The minimum atomic E-state index is -3.83. The van der Waals surface area contributed by atoms with E-state index in [1.807, 2.05) is 0 Å². The van der Waals surface area contributed by atoms with Crippen LogP contribution >= 0.6 is 34.8 Å². The van der Waals surface area contributed by atoms with Crippen molar-refractivity contribution in [1.29, 1.82) is 0 Å². The number of alkyl halides is 3. The van der Waals surface area contributed by atoms with Crippen LogP contribution in [0.25, 0.3) is 0 Å². The highest BCUT2D eigenvalue weighted by molar-refractivity contribution is 7.87. The molecule has 2 aliphatic rings. The molecule has 0 aromatic carbocycles. The van der Waals surface area contributed by atoms with Gasteiger partial charge in [-0.05, 0) is 12.8 Å². The molecule has 0 spiro atoms. The van der Waals surface area contributed by atoms with Gasteiger partial charge >= 0.3 is 0 Å². The normalized spacial score (nSPS) is 33.4. The van der Waals surface area contributed by atoms with Crippen molar-refractivity contribution >= 4 is 44.9 Å². The zero-order chi connectivity index (χ0) is 13.4. The van der Waals surface area contributed by atoms with Crippen LogP contribution in [0.1, 0.15) is 38.5 Å². The second-order valence-corrected chi connectivity index (χ2v) is 8.95. The number of rotatable bonds is 3. The molecule has 1 heterocycles. The summed E-state index contributed by atoms with van der Waals surface area (Å²) in [5, 5.41) is 1.55. The van der Waals surface area contributed by atoms with Crippen LogP contribution in [-0.2, 0) is 14.4 Å². The molecule has 106 valence electrons. The highest BCUT2D eigenvalue weighted by atomic mass is 35.6. The molecule has 0 bridgehead atoms. The Morgan fingerprint density at radius 1 is 1.06 bits per heavy atom. The van der Waals surface area contributed by atoms with E-state index in [9.17, 15) is 8.42 Å². The SMILES string of the molecule is O=S(=O)(CC(Cl)(Cl)Cl)ON1C2CCCCCCC21. The predicted molar refractivity (Wildman–Crippen MR) is 72.3 cm³/mol. The smallest absolute Gasteiger partial charge is 0.198 e. The fourth-order valence-electron chi connectivity index (χ4n) is 2.48. The Bertz CT molecular complexity index is 382. The predicted octanol–water partition coefficient (Wildman–Crippen LogP) is 3.03. The van der Waals surface area contributed by atoms with E-state index in [0.717, 1.165) is 25.7 Å². The van der Waals surface area contributed by atoms with Crippen LogP contribution in [0.3, 0.4) is 0 Å². The largest absolute Gasteiger partial charge is 0.287 e. The van der Waals surface area contributed by atoms with Gasteiger partial charge in [0.15, 0.2) is 0 Å². The summed E-state index contributed by atoms with van der Waals surface area (Å²) in [5.41, 5.74) is 0. The molecule has 1 aliphatic carbocycles. The monoisotopic (exact) mass is 335 g/mol. The van der Waals surface area contributed by atoms with Gasteiger partial charge in [-0.3, -0.25) is 0 Å². The molecule has 18 heavy (non-hydrogen) atoms. The zero-order valence-corrected chi connectivity index (χ0v) is 12.9. The zero-order valence-electron chi connectivity index (χ0n) is 9.82. The summed E-state index contributed by atoms with van der Waals surface area (Å²) in [6.45, 7) is 0. The van der Waals surface area contributed by atoms with Gasteiger partial charge < -0.3 is 0 Å². The average molecular weight is 337 g/mol. The number of fused-ring (bicyclic) bond motifs is 1. The molecule has 0 N–H and O–H groups in total. The van der Waals surface area contributed by atoms with Crippen LogP contribution in [0.15, 0.2) is 0 Å². The van der Waals surface area contributed by atoms with E-state index in [2.05, 4.69) is 0 Å². The maximum Gasteiger partial charge on any atom is 0.287 e. The second-order valence-electron chi connectivity index (χ2n) is 4.88. The van der Waals surface area contributed by atoms with Gasteiger partial charge in [-0.25, -0.2) is 0 Å². The lowest BCUT2D eigenvalue weighted by Gasteiger charge is -2.11. The Labute approximate surface area is 123 Å². The summed E-state index contributed by atoms with van der Waals surface area (Å²) in [6.07, 6.45) is 6.61. The first-order valence-corrected chi connectivity index (χ1v) is 8.77. The van der Waals surface area contributed by atoms with Gasteiger partial charge in [-0.15, -0.1) is 0 Å². The minimum absolute atomic E-state index is 0.218. The molecule has 2 fully saturated rings. The van der Waals surface area contributed by atoms with Crippen molar-refractivity contribution in [3.05, 3.63) is 0 Å². The van der Waals surface area contributed by atoms with E-state index in [4.69, 9.17) is 39.1 Å². The van der Waals surface area contributed by atoms with Gasteiger partial charge in [0, 0.05) is 0 Å². The standard InChI is InChI=1S/C10H16Cl3NO3S/c11-10(12,13)7-18(15,16)17-14-8-5-3-1-2-4-6-9(8)14/h8-9H,1-7H2. The van der Waals surface area contributed by atoms with Crippen LogP contribution in [0.5, 0.6) is 0 Å². The molecule has 2 atom stereocenters. The van der Waals surface area contributed by atoms with Gasteiger partial charge in [0.1, 0.15) is 5.75 Å². The molecule has 1 saturated carbocycles. The van der Waals surface area contributed by atoms with Crippen molar-refractivity contribution in [2.75, 3.05) is 5.75 Å². The van der Waals surface area contributed by atoms with Gasteiger partial charge in [-0.2, -0.15) is 17.8 Å². The molecule has 0 radical (unpaired) electrons. The molecule has 8 heteroatoms. The van der Waals surface area contributed by atoms with Gasteiger partial charge in [0.25, 0.3) is 10.1 Å². The fraction of sp³-hybridized carbons (Fsp3) is 1.00. The van der Waals surface area contributed by atoms with Crippen molar-refractivity contribution in [1.82, 2.24) is 5.06 Å². The van der Waals surface area contributed by atoms with Crippen LogP contribution in [-0.4, -0.2) is 35.1 Å². The summed E-state index contributed by atoms with van der Waals surface area (Å²) >= 11 is 16.4. The molecule has 2 unspecified atom stereocenters. The van der Waals surface area contributed by atoms with E-state index in [-0.39, 0.29) is 12.1 Å². The van der Waals surface area contributed by atoms with E-state index in [1.54, 1.807) is 5.06 Å². The molecular formula is C10H16Cl3NO3S. The molecule has 2 rings (SSSR count). The topological polar surface area (TPSA) is 46.4 Å². The quantitative estimate of drug-likeness (QED) is 0.587. The third-order valence-electron chi connectivity index (χ3n) is 3.30. The number of hydrogen-bond acceptors (Lipinski definition) is 4. The van der Waals surface area contributed by atoms with E-state index >= 15 is 0 Å². The number of halogens is 3. The molecular weight excluding hydrogens is 321 g/mol. The Hall–Kier alpha value is 0.740. The molecule has 4 nitrogen and oxygen atoms in total. The molecule has 0 aromatic heterocycles. The first-order chi connectivity index (χ1) is 8.29. The van der Waals surface area contributed by atoms with E-state index < -0.39 is 19.7 Å². The summed E-state index contributed by atoms with van der Waals surface area (Å²) in [4.78, 5) is 0. The summed E-state index contributed by atoms with van der Waals surface area (Å²) in [5.74, 6) is -0.624. The lowest BCUT2D eigenvalue weighted by atomic mass is 10.0. The van der Waals surface area contributed by atoms with Crippen LogP contribution in [0, 0.1) is 0 Å². The maximum atomic E-state index is 11.7.